The van der Waals surface area contributed by atoms with E-state index in [1.807, 2.05) is 36.4 Å². The first-order valence-electron chi connectivity index (χ1n) is 17.0. The number of fused-ring (bicyclic) bond motifs is 7. The summed E-state index contributed by atoms with van der Waals surface area (Å²) in [4.78, 5) is 12.9. The summed E-state index contributed by atoms with van der Waals surface area (Å²) in [5.74, 6) is 2.76. The fourth-order valence-corrected chi connectivity index (χ4v) is 12.5. The first-order valence-corrected chi connectivity index (χ1v) is 17.0. The Morgan fingerprint density at radius 2 is 1.64 bits per heavy atom. The largest absolute Gasteiger partial charge is 0.462 e. The number of hydrogen-bond donors (Lipinski definition) is 1. The van der Waals surface area contributed by atoms with Crippen LogP contribution < -0.4 is 0 Å². The van der Waals surface area contributed by atoms with Gasteiger partial charge in [-0.2, -0.15) is 0 Å². The standard InChI is InChI=1S/C39H56O3/c1-26(2)28-17-22-39(25-42-33(41)16-13-27-11-9-8-10-12-27)24-23-37(6)29(34(28)39)14-15-31-36(5)20-19-32(40)35(3,4)30(36)18-21-38(31,37)7/h8-13,16,28-32,34,40H,1,14-15,17-25H2,2-7H3/t28-,29-,30+,31+,32+,34+,36-,37-,38-,39-/m1/s1. The molecule has 1 N–H and O–H groups in total. The molecule has 0 saturated heterocycles. The van der Waals surface area contributed by atoms with Crippen LogP contribution in [0.1, 0.15) is 111 Å². The molecule has 5 aliphatic carbocycles. The molecule has 0 radical (unpaired) electrons. The number of carbonyl (C=O) groups is 1. The highest BCUT2D eigenvalue weighted by molar-refractivity contribution is 5.87. The predicted octanol–water partition coefficient (Wildman–Crippen LogP) is 9.26. The fraction of sp³-hybridized carbons (Fsp3) is 0.718. The Balaban J connectivity index is 1.27. The second-order valence-electron chi connectivity index (χ2n) is 16.8. The van der Waals surface area contributed by atoms with Crippen molar-refractivity contribution in [2.45, 2.75) is 112 Å². The van der Waals surface area contributed by atoms with Crippen LogP contribution in [-0.2, 0) is 9.53 Å². The molecule has 5 saturated carbocycles. The van der Waals surface area contributed by atoms with Gasteiger partial charge in [-0.05, 0) is 134 Å². The van der Waals surface area contributed by atoms with Gasteiger partial charge in [0.2, 0.25) is 0 Å². The highest BCUT2D eigenvalue weighted by Gasteiger charge is 2.70. The molecule has 0 unspecified atom stereocenters. The van der Waals surface area contributed by atoms with E-state index < -0.39 is 0 Å². The maximum Gasteiger partial charge on any atom is 0.330 e. The molecule has 230 valence electrons. The van der Waals surface area contributed by atoms with Gasteiger partial charge in [0.15, 0.2) is 0 Å². The fourth-order valence-electron chi connectivity index (χ4n) is 12.5. The molecule has 5 aliphatic rings. The van der Waals surface area contributed by atoms with Crippen LogP contribution in [0.2, 0.25) is 0 Å². The minimum absolute atomic E-state index is 0.0108. The summed E-state index contributed by atoms with van der Waals surface area (Å²) in [5.41, 5.74) is 3.26. The maximum atomic E-state index is 12.9. The van der Waals surface area contributed by atoms with Gasteiger partial charge in [-0.1, -0.05) is 77.1 Å². The lowest BCUT2D eigenvalue weighted by Gasteiger charge is -2.73. The summed E-state index contributed by atoms with van der Waals surface area (Å²) in [7, 11) is 0. The van der Waals surface area contributed by atoms with Gasteiger partial charge in [-0.25, -0.2) is 4.79 Å². The molecule has 0 amide bonds. The van der Waals surface area contributed by atoms with Crippen molar-refractivity contribution in [3.05, 3.63) is 54.1 Å². The highest BCUT2D eigenvalue weighted by atomic mass is 16.5. The van der Waals surface area contributed by atoms with Gasteiger partial charge in [0.05, 0.1) is 12.7 Å². The van der Waals surface area contributed by atoms with Crippen LogP contribution in [0.25, 0.3) is 6.08 Å². The molecule has 0 aromatic heterocycles. The number of ether oxygens (including phenoxy) is 1. The molecule has 6 rings (SSSR count). The molecule has 0 aliphatic heterocycles. The molecule has 3 nitrogen and oxygen atoms in total. The van der Waals surface area contributed by atoms with Crippen LogP contribution in [0.3, 0.4) is 0 Å². The third kappa shape index (κ3) is 4.33. The summed E-state index contributed by atoms with van der Waals surface area (Å²) in [6.45, 7) is 20.0. The average molecular weight is 573 g/mol. The van der Waals surface area contributed by atoms with Crippen LogP contribution in [0, 0.1) is 56.7 Å². The van der Waals surface area contributed by atoms with Gasteiger partial charge in [-0.15, -0.1) is 0 Å². The highest BCUT2D eigenvalue weighted by Crippen LogP contribution is 2.77. The topological polar surface area (TPSA) is 46.5 Å². The molecule has 3 heteroatoms. The minimum atomic E-state index is -0.219. The molecule has 0 spiro atoms. The van der Waals surface area contributed by atoms with E-state index in [0.717, 1.165) is 31.2 Å². The number of allylic oxidation sites excluding steroid dienone is 1. The predicted molar refractivity (Wildman–Crippen MR) is 171 cm³/mol. The molecule has 1 aromatic carbocycles. The van der Waals surface area contributed by atoms with E-state index in [0.29, 0.717) is 47.0 Å². The van der Waals surface area contributed by atoms with E-state index in [9.17, 15) is 9.90 Å². The first-order chi connectivity index (χ1) is 19.8. The number of aliphatic hydroxyl groups excluding tert-OH is 1. The van der Waals surface area contributed by atoms with Gasteiger partial charge in [0.1, 0.15) is 0 Å². The third-order valence-corrected chi connectivity index (χ3v) is 14.9. The number of rotatable bonds is 5. The van der Waals surface area contributed by atoms with Crippen molar-refractivity contribution >= 4 is 12.0 Å². The Morgan fingerprint density at radius 3 is 2.36 bits per heavy atom. The molecule has 10 atom stereocenters. The van der Waals surface area contributed by atoms with Crippen molar-refractivity contribution in [2.24, 2.45) is 56.7 Å². The van der Waals surface area contributed by atoms with E-state index in [-0.39, 0.29) is 28.3 Å². The van der Waals surface area contributed by atoms with Crippen LogP contribution in [0.5, 0.6) is 0 Å². The molecule has 42 heavy (non-hydrogen) atoms. The molecule has 5 fully saturated rings. The SMILES string of the molecule is C=C(C)[C@H]1CC[C@]2(COC(=O)C=Cc3ccccc3)CC[C@]3(C)[C@H](CC[C@H]4[C@]5(C)CC[C@H](O)C(C)(C)[C@@H]5CC[C@]43C)[C@H]12. The summed E-state index contributed by atoms with van der Waals surface area (Å²) in [5, 5.41) is 11.0. The van der Waals surface area contributed by atoms with E-state index >= 15 is 0 Å². The Hall–Kier alpha value is -1.87. The summed E-state index contributed by atoms with van der Waals surface area (Å²) in [6.07, 6.45) is 15.2. The van der Waals surface area contributed by atoms with Gasteiger partial charge in [0, 0.05) is 11.5 Å². The Bertz CT molecular complexity index is 1230. The number of carbonyl (C=O) groups excluding carboxylic acids is 1. The van der Waals surface area contributed by atoms with Crippen LogP contribution in [-0.4, -0.2) is 23.8 Å². The van der Waals surface area contributed by atoms with Crippen LogP contribution in [0.4, 0.5) is 0 Å². The van der Waals surface area contributed by atoms with Crippen LogP contribution >= 0.6 is 0 Å². The molecular weight excluding hydrogens is 516 g/mol. The molecular formula is C39H56O3. The average Bonchev–Trinajstić information content (AvgIpc) is 3.34. The summed E-state index contributed by atoms with van der Waals surface area (Å²) >= 11 is 0. The normalized spacial score (nSPS) is 45.8. The molecule has 0 bridgehead atoms. The first kappa shape index (κ1) is 30.2. The quantitative estimate of drug-likeness (QED) is 0.217. The zero-order valence-electron chi connectivity index (χ0n) is 27.3. The summed E-state index contributed by atoms with van der Waals surface area (Å²) < 4.78 is 6.12. The molecule has 1 aromatic rings. The van der Waals surface area contributed by atoms with Crippen molar-refractivity contribution in [1.82, 2.24) is 0 Å². The van der Waals surface area contributed by atoms with E-state index in [2.05, 4.69) is 48.1 Å². The maximum absolute atomic E-state index is 12.9. The Labute approximate surface area is 255 Å². The minimum Gasteiger partial charge on any atom is -0.462 e. The third-order valence-electron chi connectivity index (χ3n) is 14.9. The number of aliphatic hydroxyl groups is 1. The zero-order chi connectivity index (χ0) is 30.1. The smallest absolute Gasteiger partial charge is 0.330 e. The van der Waals surface area contributed by atoms with E-state index in [1.165, 1.54) is 44.1 Å². The molecule has 0 heterocycles. The lowest BCUT2D eigenvalue weighted by atomic mass is 9.32. The van der Waals surface area contributed by atoms with Crippen molar-refractivity contribution in [1.29, 1.82) is 0 Å². The van der Waals surface area contributed by atoms with Gasteiger partial charge in [0.25, 0.3) is 0 Å². The van der Waals surface area contributed by atoms with Crippen molar-refractivity contribution in [3.63, 3.8) is 0 Å². The van der Waals surface area contributed by atoms with Crippen molar-refractivity contribution in [3.8, 4) is 0 Å². The second-order valence-corrected chi connectivity index (χ2v) is 16.8. The van der Waals surface area contributed by atoms with Crippen molar-refractivity contribution in [2.75, 3.05) is 6.61 Å². The van der Waals surface area contributed by atoms with Crippen LogP contribution in [0.15, 0.2) is 48.6 Å². The second kappa shape index (κ2) is 10.4. The lowest BCUT2D eigenvalue weighted by molar-refractivity contribution is -0.249. The number of esters is 1. The van der Waals surface area contributed by atoms with Gasteiger partial charge < -0.3 is 9.84 Å². The Morgan fingerprint density at radius 1 is 0.905 bits per heavy atom. The van der Waals surface area contributed by atoms with E-state index in [1.54, 1.807) is 6.08 Å². The van der Waals surface area contributed by atoms with Gasteiger partial charge in [-0.3, -0.25) is 0 Å². The van der Waals surface area contributed by atoms with E-state index in [4.69, 9.17) is 4.74 Å². The number of benzene rings is 1. The zero-order valence-corrected chi connectivity index (χ0v) is 27.3. The monoisotopic (exact) mass is 572 g/mol. The number of hydrogen-bond acceptors (Lipinski definition) is 3. The Kier molecular flexibility index (Phi) is 7.44. The summed E-state index contributed by atoms with van der Waals surface area (Å²) in [6, 6.07) is 9.99. The van der Waals surface area contributed by atoms with Crippen molar-refractivity contribution < 1.29 is 14.6 Å². The van der Waals surface area contributed by atoms with Gasteiger partial charge >= 0.3 is 5.97 Å². The lowest BCUT2D eigenvalue weighted by Crippen LogP contribution is -2.66.